The van der Waals surface area contributed by atoms with Crippen LogP contribution in [0.3, 0.4) is 0 Å². The molecule has 1 aromatic carbocycles. The number of benzene rings is 1. The molecule has 1 aromatic heterocycles. The lowest BCUT2D eigenvalue weighted by atomic mass is 10.3. The number of nitrogens with two attached hydrogens (primary N) is 1. The van der Waals surface area contributed by atoms with E-state index in [0.717, 1.165) is 0 Å². The molecular formula is C13H17N3O3S. The van der Waals surface area contributed by atoms with E-state index in [1.807, 2.05) is 13.8 Å². The average Bonchev–Trinajstić information content (AvgIpc) is 2.78. The maximum atomic E-state index is 12.3. The standard InChI is InChI=1S/C13H17N3O3S/c1-7(2)15-12(17)8(3)20(18)13-16-10-5-4-9(14)6-11(10)19-13/h4-8H,14H2,1-3H3,(H,15,17). The molecule has 0 aliphatic carbocycles. The van der Waals surface area contributed by atoms with E-state index in [1.165, 1.54) is 0 Å². The molecule has 108 valence electrons. The van der Waals surface area contributed by atoms with E-state index in [9.17, 15) is 9.00 Å². The van der Waals surface area contributed by atoms with Crippen molar-refractivity contribution in [3.05, 3.63) is 18.2 Å². The van der Waals surface area contributed by atoms with E-state index in [1.54, 1.807) is 25.1 Å². The van der Waals surface area contributed by atoms with Gasteiger partial charge in [0, 0.05) is 17.8 Å². The first-order valence-corrected chi connectivity index (χ1v) is 7.47. The molecule has 0 radical (unpaired) electrons. The van der Waals surface area contributed by atoms with Crippen molar-refractivity contribution in [2.45, 2.75) is 37.3 Å². The highest BCUT2D eigenvalue weighted by atomic mass is 32.2. The number of fused-ring (bicyclic) bond motifs is 1. The maximum Gasteiger partial charge on any atom is 0.288 e. The predicted octanol–water partition coefficient (Wildman–Crippen LogP) is 1.43. The molecule has 0 fully saturated rings. The van der Waals surface area contributed by atoms with Crippen LogP contribution in [0.25, 0.3) is 11.1 Å². The molecule has 0 bridgehead atoms. The van der Waals surface area contributed by atoms with Crippen molar-refractivity contribution in [1.82, 2.24) is 10.3 Å². The van der Waals surface area contributed by atoms with E-state index in [2.05, 4.69) is 10.3 Å². The van der Waals surface area contributed by atoms with Crippen LogP contribution in [0.15, 0.2) is 27.8 Å². The van der Waals surface area contributed by atoms with Crippen LogP contribution in [0.1, 0.15) is 20.8 Å². The van der Waals surface area contributed by atoms with Crippen molar-refractivity contribution < 1.29 is 13.4 Å². The Labute approximate surface area is 119 Å². The fourth-order valence-electron chi connectivity index (χ4n) is 1.66. The number of amides is 1. The number of nitrogens with one attached hydrogen (secondary N) is 1. The van der Waals surface area contributed by atoms with Crippen molar-refractivity contribution in [3.63, 3.8) is 0 Å². The van der Waals surface area contributed by atoms with E-state index in [4.69, 9.17) is 10.2 Å². The summed E-state index contributed by atoms with van der Waals surface area (Å²) in [7, 11) is -1.64. The molecule has 2 unspecified atom stereocenters. The van der Waals surface area contributed by atoms with Gasteiger partial charge < -0.3 is 15.5 Å². The van der Waals surface area contributed by atoms with Gasteiger partial charge in [0.25, 0.3) is 5.22 Å². The lowest BCUT2D eigenvalue weighted by Gasteiger charge is -2.12. The minimum absolute atomic E-state index is 0.00891. The Hall–Kier alpha value is -1.89. The van der Waals surface area contributed by atoms with Gasteiger partial charge in [-0.3, -0.25) is 4.79 Å². The van der Waals surface area contributed by atoms with Crippen LogP contribution < -0.4 is 11.1 Å². The molecule has 7 heteroatoms. The minimum Gasteiger partial charge on any atom is -0.430 e. The summed E-state index contributed by atoms with van der Waals surface area (Å²) in [6.07, 6.45) is 0. The Bertz CT molecular complexity index is 666. The fraction of sp³-hybridized carbons (Fsp3) is 0.385. The van der Waals surface area contributed by atoms with Gasteiger partial charge in [0.15, 0.2) is 5.58 Å². The van der Waals surface area contributed by atoms with Gasteiger partial charge in [-0.15, -0.1) is 0 Å². The first-order chi connectivity index (χ1) is 9.38. The highest BCUT2D eigenvalue weighted by molar-refractivity contribution is 7.86. The Kier molecular flexibility index (Phi) is 4.08. The summed E-state index contributed by atoms with van der Waals surface area (Å²) in [6.45, 7) is 5.27. The summed E-state index contributed by atoms with van der Waals surface area (Å²) < 4.78 is 17.7. The second-order valence-electron chi connectivity index (χ2n) is 4.81. The molecule has 0 spiro atoms. The Morgan fingerprint density at radius 1 is 1.40 bits per heavy atom. The second-order valence-corrected chi connectivity index (χ2v) is 6.46. The minimum atomic E-state index is -1.64. The molecule has 6 nitrogen and oxygen atoms in total. The van der Waals surface area contributed by atoms with Crippen molar-refractivity contribution in [2.24, 2.45) is 0 Å². The molecule has 0 saturated carbocycles. The molecule has 0 aliphatic heterocycles. The predicted molar refractivity (Wildman–Crippen MR) is 77.6 cm³/mol. The highest BCUT2D eigenvalue weighted by Crippen LogP contribution is 2.21. The zero-order valence-corrected chi connectivity index (χ0v) is 12.4. The van der Waals surface area contributed by atoms with Crippen LogP contribution >= 0.6 is 0 Å². The largest absolute Gasteiger partial charge is 0.430 e. The topological polar surface area (TPSA) is 98.2 Å². The first kappa shape index (κ1) is 14.5. The summed E-state index contributed by atoms with van der Waals surface area (Å²) in [5.74, 6) is -0.292. The number of nitrogen functional groups attached to an aromatic ring is 1. The van der Waals surface area contributed by atoms with Crippen molar-refractivity contribution in [2.75, 3.05) is 5.73 Å². The van der Waals surface area contributed by atoms with E-state index in [0.29, 0.717) is 16.8 Å². The molecule has 3 N–H and O–H groups in total. The monoisotopic (exact) mass is 295 g/mol. The summed E-state index contributed by atoms with van der Waals surface area (Å²) >= 11 is 0. The number of oxazole rings is 1. The number of hydrogen-bond acceptors (Lipinski definition) is 5. The molecule has 1 amide bonds. The average molecular weight is 295 g/mol. The van der Waals surface area contributed by atoms with Crippen LogP contribution in [0.5, 0.6) is 0 Å². The first-order valence-electron chi connectivity index (χ1n) is 6.25. The zero-order chi connectivity index (χ0) is 14.9. The van der Waals surface area contributed by atoms with E-state index in [-0.39, 0.29) is 17.2 Å². The third kappa shape index (κ3) is 2.98. The third-order valence-electron chi connectivity index (χ3n) is 2.69. The quantitative estimate of drug-likeness (QED) is 0.831. The number of rotatable bonds is 4. The van der Waals surface area contributed by atoms with Crippen LogP contribution in [-0.4, -0.2) is 26.4 Å². The van der Waals surface area contributed by atoms with Crippen LogP contribution in [-0.2, 0) is 15.6 Å². The number of carbonyl (C=O) groups is 1. The smallest absolute Gasteiger partial charge is 0.288 e. The van der Waals surface area contributed by atoms with Gasteiger partial charge in [-0.25, -0.2) is 9.19 Å². The molecule has 0 saturated heterocycles. The summed E-state index contributed by atoms with van der Waals surface area (Å²) in [4.78, 5) is 16.0. The zero-order valence-electron chi connectivity index (χ0n) is 11.5. The van der Waals surface area contributed by atoms with Crippen LogP contribution in [0.2, 0.25) is 0 Å². The molecule has 2 rings (SSSR count). The summed E-state index contributed by atoms with van der Waals surface area (Å²) in [5, 5.41) is 2.02. The number of nitrogens with zero attached hydrogens (tertiary/aromatic N) is 1. The van der Waals surface area contributed by atoms with Crippen LogP contribution in [0.4, 0.5) is 5.69 Å². The molecule has 20 heavy (non-hydrogen) atoms. The van der Waals surface area contributed by atoms with Crippen LogP contribution in [0, 0.1) is 0 Å². The summed E-state index contributed by atoms with van der Waals surface area (Å²) in [6, 6.07) is 4.98. The Morgan fingerprint density at radius 3 is 2.75 bits per heavy atom. The lowest BCUT2D eigenvalue weighted by Crippen LogP contribution is -2.39. The molecular weight excluding hydrogens is 278 g/mol. The number of anilines is 1. The second kappa shape index (κ2) is 5.62. The fourth-order valence-corrected chi connectivity index (χ4v) is 2.58. The number of aromatic nitrogens is 1. The van der Waals surface area contributed by atoms with E-state index < -0.39 is 16.0 Å². The van der Waals surface area contributed by atoms with Gasteiger partial charge in [0.1, 0.15) is 21.6 Å². The van der Waals surface area contributed by atoms with Gasteiger partial charge >= 0.3 is 0 Å². The van der Waals surface area contributed by atoms with Gasteiger partial charge in [0.05, 0.1) is 0 Å². The third-order valence-corrected chi connectivity index (χ3v) is 4.06. The van der Waals surface area contributed by atoms with Gasteiger partial charge in [-0.2, -0.15) is 0 Å². The van der Waals surface area contributed by atoms with Gasteiger partial charge in [-0.1, -0.05) is 0 Å². The Morgan fingerprint density at radius 2 is 2.10 bits per heavy atom. The molecule has 1 heterocycles. The van der Waals surface area contributed by atoms with Gasteiger partial charge in [-0.05, 0) is 32.9 Å². The number of hydrogen-bond donors (Lipinski definition) is 2. The summed E-state index contributed by atoms with van der Waals surface area (Å²) in [5.41, 5.74) is 7.21. The molecule has 0 aliphatic rings. The highest BCUT2D eigenvalue weighted by Gasteiger charge is 2.26. The van der Waals surface area contributed by atoms with Crippen molar-refractivity contribution in [3.8, 4) is 0 Å². The number of carbonyl (C=O) groups excluding carboxylic acids is 1. The van der Waals surface area contributed by atoms with Crippen molar-refractivity contribution >= 4 is 33.5 Å². The van der Waals surface area contributed by atoms with Crippen molar-refractivity contribution in [1.29, 1.82) is 0 Å². The Balaban J connectivity index is 2.24. The molecule has 2 atom stereocenters. The van der Waals surface area contributed by atoms with E-state index >= 15 is 0 Å². The normalized spacial score (nSPS) is 14.4. The molecule has 2 aromatic rings. The lowest BCUT2D eigenvalue weighted by molar-refractivity contribution is -0.120. The van der Waals surface area contributed by atoms with Gasteiger partial charge in [0.2, 0.25) is 5.91 Å². The maximum absolute atomic E-state index is 12.3. The SMILES string of the molecule is CC(C)NC(=O)C(C)S(=O)c1nc2ccc(N)cc2o1.